The van der Waals surface area contributed by atoms with E-state index in [0.29, 0.717) is 50.6 Å². The van der Waals surface area contributed by atoms with Gasteiger partial charge < -0.3 is 10.1 Å². The predicted octanol–water partition coefficient (Wildman–Crippen LogP) is 2.00. The Labute approximate surface area is 166 Å². The molecule has 7 heteroatoms. The van der Waals surface area contributed by atoms with Crippen LogP contribution in [0.1, 0.15) is 17.5 Å². The number of aryl methyl sites for hydroxylation is 1. The van der Waals surface area contributed by atoms with Gasteiger partial charge >= 0.3 is 0 Å². The summed E-state index contributed by atoms with van der Waals surface area (Å²) in [5, 5.41) is 2.92. The molecule has 0 bridgehead atoms. The molecule has 0 spiro atoms. The first-order chi connectivity index (χ1) is 13.6. The van der Waals surface area contributed by atoms with Crippen molar-refractivity contribution in [3.63, 3.8) is 0 Å². The van der Waals surface area contributed by atoms with Crippen molar-refractivity contribution in [1.29, 1.82) is 0 Å². The van der Waals surface area contributed by atoms with Crippen LogP contribution < -0.4 is 5.32 Å². The van der Waals surface area contributed by atoms with Crippen molar-refractivity contribution in [3.05, 3.63) is 65.7 Å². The zero-order valence-corrected chi connectivity index (χ0v) is 16.7. The minimum Gasteiger partial charge on any atom is -0.379 e. The second-order valence-electron chi connectivity index (χ2n) is 6.75. The highest BCUT2D eigenvalue weighted by Gasteiger charge is 2.25. The maximum Gasteiger partial charge on any atom is 0.243 e. The molecule has 0 atom stereocenters. The van der Waals surface area contributed by atoms with Crippen molar-refractivity contribution in [2.24, 2.45) is 0 Å². The van der Waals surface area contributed by atoms with Crippen LogP contribution in [0.5, 0.6) is 0 Å². The standard InChI is InChI=1S/C21H26N2O4S/c24-21(11-8-18-4-2-1-3-5-18)22-13-12-19-6-9-20(10-7-19)28(25,26)23-14-16-27-17-15-23/h1-7,9-10H,8,11-17H2,(H,22,24). The Morgan fingerprint density at radius 2 is 1.57 bits per heavy atom. The summed E-state index contributed by atoms with van der Waals surface area (Å²) in [6.07, 6.45) is 1.84. The first kappa shape index (κ1) is 20.5. The molecule has 1 aliphatic heterocycles. The first-order valence-electron chi connectivity index (χ1n) is 9.53. The molecule has 1 heterocycles. The smallest absolute Gasteiger partial charge is 0.243 e. The number of amides is 1. The molecule has 150 valence electrons. The number of carbonyl (C=O) groups is 1. The highest BCUT2D eigenvalue weighted by Crippen LogP contribution is 2.17. The third-order valence-electron chi connectivity index (χ3n) is 4.75. The zero-order valence-electron chi connectivity index (χ0n) is 15.8. The second kappa shape index (κ2) is 9.82. The van der Waals surface area contributed by atoms with E-state index in [-0.39, 0.29) is 5.91 Å². The minimum absolute atomic E-state index is 0.0235. The molecule has 6 nitrogen and oxygen atoms in total. The van der Waals surface area contributed by atoms with Crippen molar-refractivity contribution < 1.29 is 17.9 Å². The molecule has 0 aromatic heterocycles. The average Bonchev–Trinajstić information content (AvgIpc) is 2.74. The Kier molecular flexibility index (Phi) is 7.19. The molecule has 0 unspecified atom stereocenters. The Hall–Kier alpha value is -2.22. The van der Waals surface area contributed by atoms with Crippen LogP contribution in [0, 0.1) is 0 Å². The lowest BCUT2D eigenvalue weighted by atomic mass is 10.1. The lowest BCUT2D eigenvalue weighted by Crippen LogP contribution is -2.40. The van der Waals surface area contributed by atoms with E-state index < -0.39 is 10.0 Å². The van der Waals surface area contributed by atoms with Crippen LogP contribution in [0.25, 0.3) is 0 Å². The summed E-state index contributed by atoms with van der Waals surface area (Å²) in [5.41, 5.74) is 2.14. The first-order valence-corrected chi connectivity index (χ1v) is 11.0. The van der Waals surface area contributed by atoms with Gasteiger partial charge in [-0.3, -0.25) is 4.79 Å². The van der Waals surface area contributed by atoms with E-state index in [9.17, 15) is 13.2 Å². The Bertz CT molecular complexity index is 861. The minimum atomic E-state index is -3.46. The number of carbonyl (C=O) groups excluding carboxylic acids is 1. The summed E-state index contributed by atoms with van der Waals surface area (Å²) in [7, 11) is -3.46. The number of nitrogens with zero attached hydrogens (tertiary/aromatic N) is 1. The monoisotopic (exact) mass is 402 g/mol. The lowest BCUT2D eigenvalue weighted by molar-refractivity contribution is -0.121. The van der Waals surface area contributed by atoms with E-state index in [4.69, 9.17) is 4.74 Å². The van der Waals surface area contributed by atoms with Gasteiger partial charge in [0.25, 0.3) is 0 Å². The summed E-state index contributed by atoms with van der Waals surface area (Å²) in [5.74, 6) is 0.0235. The highest BCUT2D eigenvalue weighted by molar-refractivity contribution is 7.89. The largest absolute Gasteiger partial charge is 0.379 e. The molecular weight excluding hydrogens is 376 g/mol. The van der Waals surface area contributed by atoms with Gasteiger partial charge in [0, 0.05) is 26.1 Å². The van der Waals surface area contributed by atoms with Crippen LogP contribution in [-0.2, 0) is 32.4 Å². The maximum absolute atomic E-state index is 12.6. The highest BCUT2D eigenvalue weighted by atomic mass is 32.2. The fourth-order valence-electron chi connectivity index (χ4n) is 3.10. The molecule has 1 saturated heterocycles. The van der Waals surface area contributed by atoms with E-state index in [1.165, 1.54) is 4.31 Å². The molecule has 2 aromatic carbocycles. The molecule has 0 aliphatic carbocycles. The number of rotatable bonds is 8. The summed E-state index contributed by atoms with van der Waals surface area (Å²) in [6, 6.07) is 16.8. The number of sulfonamides is 1. The van der Waals surface area contributed by atoms with Crippen molar-refractivity contribution >= 4 is 15.9 Å². The number of benzene rings is 2. The zero-order chi connectivity index (χ0) is 19.8. The molecular formula is C21H26N2O4S. The van der Waals surface area contributed by atoms with Crippen LogP contribution in [-0.4, -0.2) is 51.5 Å². The Morgan fingerprint density at radius 3 is 2.25 bits per heavy atom. The number of morpholine rings is 1. The van der Waals surface area contributed by atoms with E-state index in [0.717, 1.165) is 17.5 Å². The summed E-state index contributed by atoms with van der Waals surface area (Å²) in [6.45, 7) is 2.17. The fraction of sp³-hybridized carbons (Fsp3) is 0.381. The van der Waals surface area contributed by atoms with Gasteiger partial charge in [-0.2, -0.15) is 4.31 Å². The number of ether oxygens (including phenoxy) is 1. The van der Waals surface area contributed by atoms with Gasteiger partial charge in [0.2, 0.25) is 15.9 Å². The van der Waals surface area contributed by atoms with Crippen molar-refractivity contribution in [2.75, 3.05) is 32.8 Å². The maximum atomic E-state index is 12.6. The van der Waals surface area contributed by atoms with Gasteiger partial charge in [-0.05, 0) is 36.1 Å². The van der Waals surface area contributed by atoms with E-state index in [1.54, 1.807) is 12.1 Å². The van der Waals surface area contributed by atoms with Gasteiger partial charge in [-0.15, -0.1) is 0 Å². The third kappa shape index (κ3) is 5.64. The van der Waals surface area contributed by atoms with Crippen LogP contribution in [0.15, 0.2) is 59.5 Å². The summed E-state index contributed by atoms with van der Waals surface area (Å²) < 4.78 is 31.9. The van der Waals surface area contributed by atoms with Crippen LogP contribution in [0.3, 0.4) is 0 Å². The molecule has 1 aliphatic rings. The Morgan fingerprint density at radius 1 is 0.929 bits per heavy atom. The average molecular weight is 403 g/mol. The van der Waals surface area contributed by atoms with Crippen molar-refractivity contribution in [2.45, 2.75) is 24.2 Å². The van der Waals surface area contributed by atoms with E-state index >= 15 is 0 Å². The molecule has 0 radical (unpaired) electrons. The van der Waals surface area contributed by atoms with Crippen LogP contribution in [0.2, 0.25) is 0 Å². The molecule has 3 rings (SSSR count). The second-order valence-corrected chi connectivity index (χ2v) is 8.68. The van der Waals surface area contributed by atoms with Crippen molar-refractivity contribution in [1.82, 2.24) is 9.62 Å². The van der Waals surface area contributed by atoms with E-state index in [2.05, 4.69) is 5.32 Å². The molecule has 28 heavy (non-hydrogen) atoms. The Balaban J connectivity index is 1.44. The van der Waals surface area contributed by atoms with Crippen LogP contribution >= 0.6 is 0 Å². The fourth-order valence-corrected chi connectivity index (χ4v) is 4.51. The normalized spacial score (nSPS) is 15.3. The quantitative estimate of drug-likeness (QED) is 0.733. The number of nitrogens with one attached hydrogen (secondary N) is 1. The van der Waals surface area contributed by atoms with Gasteiger partial charge in [0.1, 0.15) is 0 Å². The number of hydrogen-bond acceptors (Lipinski definition) is 4. The van der Waals surface area contributed by atoms with Gasteiger partial charge in [-0.25, -0.2) is 8.42 Å². The van der Waals surface area contributed by atoms with Gasteiger partial charge in [0.15, 0.2) is 0 Å². The van der Waals surface area contributed by atoms with Gasteiger partial charge in [-0.1, -0.05) is 42.5 Å². The predicted molar refractivity (Wildman–Crippen MR) is 107 cm³/mol. The molecule has 2 aromatic rings. The molecule has 1 fully saturated rings. The number of hydrogen-bond donors (Lipinski definition) is 1. The van der Waals surface area contributed by atoms with E-state index in [1.807, 2.05) is 42.5 Å². The summed E-state index contributed by atoms with van der Waals surface area (Å²) >= 11 is 0. The summed E-state index contributed by atoms with van der Waals surface area (Å²) in [4.78, 5) is 12.3. The molecule has 1 amide bonds. The third-order valence-corrected chi connectivity index (χ3v) is 6.66. The lowest BCUT2D eigenvalue weighted by Gasteiger charge is -2.26. The van der Waals surface area contributed by atoms with Crippen LogP contribution in [0.4, 0.5) is 0 Å². The molecule has 0 saturated carbocycles. The SMILES string of the molecule is O=C(CCc1ccccc1)NCCc1ccc(S(=O)(=O)N2CCOCC2)cc1. The topological polar surface area (TPSA) is 75.7 Å². The van der Waals surface area contributed by atoms with Crippen molar-refractivity contribution in [3.8, 4) is 0 Å². The van der Waals surface area contributed by atoms with Gasteiger partial charge in [0.05, 0.1) is 18.1 Å². The molecule has 1 N–H and O–H groups in total.